The van der Waals surface area contributed by atoms with Gasteiger partial charge in [0, 0.05) is 35.4 Å². The Morgan fingerprint density at radius 1 is 1.17 bits per heavy atom. The van der Waals surface area contributed by atoms with Crippen molar-refractivity contribution in [1.29, 1.82) is 0 Å². The Morgan fingerprint density at radius 2 is 1.93 bits per heavy atom. The molecule has 0 spiro atoms. The number of carbonyl (C=O) groups excluding carboxylic acids is 2. The predicted octanol–water partition coefficient (Wildman–Crippen LogP) is 3.81. The third kappa shape index (κ3) is 4.54. The molecule has 3 amide bonds. The lowest BCUT2D eigenvalue weighted by atomic mass is 9.99. The Labute approximate surface area is 175 Å². The van der Waals surface area contributed by atoms with Gasteiger partial charge < -0.3 is 20.2 Å². The molecule has 2 aliphatic rings. The van der Waals surface area contributed by atoms with E-state index in [2.05, 4.69) is 5.32 Å². The minimum atomic E-state index is -0.189. The Morgan fingerprint density at radius 3 is 2.62 bits per heavy atom. The zero-order valence-corrected chi connectivity index (χ0v) is 16.9. The van der Waals surface area contributed by atoms with Gasteiger partial charge in [0.2, 0.25) is 5.91 Å². The number of aliphatic hydroxyl groups excluding tert-OH is 1. The van der Waals surface area contributed by atoms with Crippen LogP contribution >= 0.6 is 11.6 Å². The van der Waals surface area contributed by atoms with E-state index in [1.54, 1.807) is 9.80 Å². The molecule has 0 unspecified atom stereocenters. The Hall–Kier alpha value is -2.57. The molecule has 0 saturated heterocycles. The number of fused-ring (bicyclic) bond motifs is 1. The second-order valence-corrected chi connectivity index (χ2v) is 7.96. The SMILES string of the molecule is O=C1CCc2cc(NC(=O)N(CCO)C3CC3)ccc2N1Cc1ccc(Cl)cc1. The van der Waals surface area contributed by atoms with Crippen LogP contribution in [0.15, 0.2) is 42.5 Å². The van der Waals surface area contributed by atoms with Crippen LogP contribution in [-0.2, 0) is 17.8 Å². The number of nitrogens with one attached hydrogen (secondary N) is 1. The lowest BCUT2D eigenvalue weighted by molar-refractivity contribution is -0.119. The zero-order valence-electron chi connectivity index (χ0n) is 16.1. The molecule has 2 N–H and O–H groups in total. The van der Waals surface area contributed by atoms with Gasteiger partial charge in [-0.1, -0.05) is 23.7 Å². The van der Waals surface area contributed by atoms with Crippen molar-refractivity contribution in [3.63, 3.8) is 0 Å². The molecular formula is C22H24ClN3O3. The highest BCUT2D eigenvalue weighted by molar-refractivity contribution is 6.30. The van der Waals surface area contributed by atoms with Gasteiger partial charge >= 0.3 is 6.03 Å². The first-order valence-corrected chi connectivity index (χ1v) is 10.3. The summed E-state index contributed by atoms with van der Waals surface area (Å²) in [6, 6.07) is 13.2. The van der Waals surface area contributed by atoms with Gasteiger partial charge in [-0.15, -0.1) is 0 Å². The van der Waals surface area contributed by atoms with Gasteiger partial charge in [-0.25, -0.2) is 4.79 Å². The Kier molecular flexibility index (Phi) is 5.74. The molecule has 29 heavy (non-hydrogen) atoms. The van der Waals surface area contributed by atoms with Crippen LogP contribution < -0.4 is 10.2 Å². The highest BCUT2D eigenvalue weighted by Crippen LogP contribution is 2.32. The maximum absolute atomic E-state index is 12.6. The smallest absolute Gasteiger partial charge is 0.322 e. The molecule has 1 fully saturated rings. The molecule has 0 radical (unpaired) electrons. The van der Waals surface area contributed by atoms with Crippen LogP contribution in [0.25, 0.3) is 0 Å². The Bertz CT molecular complexity index is 912. The van der Waals surface area contributed by atoms with Crippen LogP contribution in [-0.4, -0.2) is 41.1 Å². The zero-order chi connectivity index (χ0) is 20.4. The van der Waals surface area contributed by atoms with E-state index in [0.717, 1.165) is 29.7 Å². The number of aliphatic hydroxyl groups is 1. The fourth-order valence-corrected chi connectivity index (χ4v) is 3.85. The van der Waals surface area contributed by atoms with E-state index < -0.39 is 0 Å². The summed E-state index contributed by atoms with van der Waals surface area (Å²) in [5.41, 5.74) is 3.63. The summed E-state index contributed by atoms with van der Waals surface area (Å²) in [7, 11) is 0. The standard InChI is InChI=1S/C22H24ClN3O3/c23-17-4-1-15(2-5-17)14-26-20-9-6-18(13-16(20)3-10-21(26)28)24-22(29)25(11-12-27)19-7-8-19/h1-2,4-6,9,13,19,27H,3,7-8,10-12,14H2,(H,24,29). The van der Waals surface area contributed by atoms with Crippen LogP contribution in [0.2, 0.25) is 5.02 Å². The average molecular weight is 414 g/mol. The molecule has 2 aromatic carbocycles. The van der Waals surface area contributed by atoms with Crippen LogP contribution in [0, 0.1) is 0 Å². The van der Waals surface area contributed by atoms with Crippen molar-refractivity contribution in [3.05, 3.63) is 58.6 Å². The summed E-state index contributed by atoms with van der Waals surface area (Å²) in [6.07, 6.45) is 3.06. The molecule has 4 rings (SSSR count). The highest BCUT2D eigenvalue weighted by atomic mass is 35.5. The molecule has 0 bridgehead atoms. The number of amides is 3. The number of carbonyl (C=O) groups is 2. The number of benzene rings is 2. The number of urea groups is 1. The summed E-state index contributed by atoms with van der Waals surface area (Å²) < 4.78 is 0. The molecule has 6 nitrogen and oxygen atoms in total. The lowest BCUT2D eigenvalue weighted by Crippen LogP contribution is -2.39. The maximum Gasteiger partial charge on any atom is 0.322 e. The molecule has 2 aromatic rings. The van der Waals surface area contributed by atoms with Crippen LogP contribution in [0.1, 0.15) is 30.4 Å². The third-order valence-electron chi connectivity index (χ3n) is 5.37. The number of hydrogen-bond donors (Lipinski definition) is 2. The molecule has 7 heteroatoms. The summed E-state index contributed by atoms with van der Waals surface area (Å²) in [5.74, 6) is 0.0899. The molecule has 1 heterocycles. The van der Waals surface area contributed by atoms with Gasteiger partial charge in [-0.3, -0.25) is 4.79 Å². The largest absolute Gasteiger partial charge is 0.395 e. The van der Waals surface area contributed by atoms with Gasteiger partial charge in [0.05, 0.1) is 13.2 Å². The van der Waals surface area contributed by atoms with Crippen molar-refractivity contribution in [1.82, 2.24) is 4.90 Å². The molecule has 0 atom stereocenters. The average Bonchev–Trinajstić information content (AvgIpc) is 3.55. The Balaban J connectivity index is 1.51. The second kappa shape index (κ2) is 8.43. The topological polar surface area (TPSA) is 72.9 Å². The van der Waals surface area contributed by atoms with Crippen molar-refractivity contribution in [2.75, 3.05) is 23.4 Å². The number of aryl methyl sites for hydroxylation is 1. The van der Waals surface area contributed by atoms with Crippen molar-refractivity contribution in [2.24, 2.45) is 0 Å². The summed E-state index contributed by atoms with van der Waals surface area (Å²) in [4.78, 5) is 28.6. The van der Waals surface area contributed by atoms with Crippen molar-refractivity contribution in [2.45, 2.75) is 38.3 Å². The highest BCUT2D eigenvalue weighted by Gasteiger charge is 2.32. The molecule has 1 aliphatic carbocycles. The van der Waals surface area contributed by atoms with Crippen LogP contribution in [0.4, 0.5) is 16.2 Å². The number of halogens is 1. The first-order valence-electron chi connectivity index (χ1n) is 9.91. The first-order chi connectivity index (χ1) is 14.0. The summed E-state index contributed by atoms with van der Waals surface area (Å²) in [5, 5.41) is 12.8. The van der Waals surface area contributed by atoms with E-state index in [1.165, 1.54) is 0 Å². The van der Waals surface area contributed by atoms with E-state index in [-0.39, 0.29) is 24.6 Å². The fraction of sp³-hybridized carbons (Fsp3) is 0.364. The number of anilines is 2. The van der Waals surface area contributed by atoms with Crippen molar-refractivity contribution < 1.29 is 14.7 Å². The van der Waals surface area contributed by atoms with E-state index in [4.69, 9.17) is 11.6 Å². The van der Waals surface area contributed by atoms with Crippen molar-refractivity contribution in [3.8, 4) is 0 Å². The predicted molar refractivity (Wildman–Crippen MR) is 113 cm³/mol. The molecule has 0 aromatic heterocycles. The van der Waals surface area contributed by atoms with E-state index in [0.29, 0.717) is 36.6 Å². The van der Waals surface area contributed by atoms with Crippen molar-refractivity contribution >= 4 is 34.9 Å². The fourth-order valence-electron chi connectivity index (χ4n) is 3.72. The van der Waals surface area contributed by atoms with Crippen LogP contribution in [0.3, 0.4) is 0 Å². The second-order valence-electron chi connectivity index (χ2n) is 7.53. The molecule has 1 saturated carbocycles. The maximum atomic E-state index is 12.6. The quantitative estimate of drug-likeness (QED) is 0.756. The lowest BCUT2D eigenvalue weighted by Gasteiger charge is -2.30. The number of hydrogen-bond acceptors (Lipinski definition) is 3. The van der Waals surface area contributed by atoms with E-state index >= 15 is 0 Å². The minimum absolute atomic E-state index is 0.0458. The summed E-state index contributed by atoms with van der Waals surface area (Å²) >= 11 is 5.96. The monoisotopic (exact) mass is 413 g/mol. The number of nitrogens with zero attached hydrogens (tertiary/aromatic N) is 2. The minimum Gasteiger partial charge on any atom is -0.395 e. The van der Waals surface area contributed by atoms with Gasteiger partial charge in [0.25, 0.3) is 0 Å². The summed E-state index contributed by atoms with van der Waals surface area (Å²) in [6.45, 7) is 0.779. The van der Waals surface area contributed by atoms with Gasteiger partial charge in [-0.05, 0) is 60.7 Å². The molecule has 1 aliphatic heterocycles. The number of rotatable bonds is 6. The van der Waals surface area contributed by atoms with Gasteiger partial charge in [0.15, 0.2) is 0 Å². The van der Waals surface area contributed by atoms with Gasteiger partial charge in [-0.2, -0.15) is 0 Å². The van der Waals surface area contributed by atoms with Gasteiger partial charge in [0.1, 0.15) is 0 Å². The van der Waals surface area contributed by atoms with E-state index in [9.17, 15) is 14.7 Å². The molecule has 152 valence electrons. The third-order valence-corrected chi connectivity index (χ3v) is 5.63. The van der Waals surface area contributed by atoms with Crippen LogP contribution in [0.5, 0.6) is 0 Å². The first kappa shape index (κ1) is 19.7. The molecular weight excluding hydrogens is 390 g/mol. The normalized spacial score (nSPS) is 15.8. The van der Waals surface area contributed by atoms with E-state index in [1.807, 2.05) is 42.5 Å².